The molecule has 0 radical (unpaired) electrons. The first-order valence-corrected chi connectivity index (χ1v) is 7.75. The fourth-order valence-electron chi connectivity index (χ4n) is 2.33. The van der Waals surface area contributed by atoms with E-state index in [1.165, 1.54) is 9.21 Å². The van der Waals surface area contributed by atoms with Crippen molar-refractivity contribution in [2.75, 3.05) is 18.8 Å². The van der Waals surface area contributed by atoms with Crippen LogP contribution in [0.15, 0.2) is 0 Å². The molecule has 2 saturated heterocycles. The largest absolute Gasteiger partial charge is 0.277 e. The molecule has 2 amide bonds. The van der Waals surface area contributed by atoms with Gasteiger partial charge in [0.2, 0.25) is 21.8 Å². The number of sulfonamides is 1. The smallest absolute Gasteiger partial charge is 0.230 e. The van der Waals surface area contributed by atoms with Gasteiger partial charge in [0.25, 0.3) is 0 Å². The minimum absolute atomic E-state index is 0.0732. The summed E-state index contributed by atoms with van der Waals surface area (Å²) in [6, 6.07) is -0.255. The van der Waals surface area contributed by atoms with E-state index in [2.05, 4.69) is 0 Å². The zero-order valence-electron chi connectivity index (χ0n) is 10.6. The third kappa shape index (κ3) is 2.42. The second-order valence-corrected chi connectivity index (χ2v) is 7.31. The number of hydrogen-bond donors (Lipinski definition) is 0. The van der Waals surface area contributed by atoms with Crippen LogP contribution in [0.5, 0.6) is 0 Å². The predicted molar refractivity (Wildman–Crippen MR) is 65.1 cm³/mol. The van der Waals surface area contributed by atoms with Crippen molar-refractivity contribution in [3.8, 4) is 0 Å². The number of rotatable bonds is 4. The van der Waals surface area contributed by atoms with Gasteiger partial charge in [-0.2, -0.15) is 4.31 Å². The molecular weight excluding hydrogens is 256 g/mol. The average Bonchev–Trinajstić information content (AvgIpc) is 2.44. The molecule has 0 atom stereocenters. The zero-order valence-corrected chi connectivity index (χ0v) is 11.4. The van der Waals surface area contributed by atoms with E-state index in [0.29, 0.717) is 0 Å². The SMILES string of the molecule is CC(C)CS(=O)(=O)N1CC(N2C(=O)CCC2=O)C1. The number of amides is 2. The number of carbonyl (C=O) groups is 2. The fourth-order valence-corrected chi connectivity index (χ4v) is 4.19. The van der Waals surface area contributed by atoms with Gasteiger partial charge >= 0.3 is 0 Å². The van der Waals surface area contributed by atoms with Crippen molar-refractivity contribution in [2.24, 2.45) is 5.92 Å². The molecule has 0 spiro atoms. The molecule has 0 N–H and O–H groups in total. The number of likely N-dealkylation sites (tertiary alicyclic amines) is 1. The Morgan fingerprint density at radius 1 is 1.17 bits per heavy atom. The zero-order chi connectivity index (χ0) is 13.5. The van der Waals surface area contributed by atoms with Gasteiger partial charge in [0.05, 0.1) is 11.8 Å². The third-order valence-electron chi connectivity index (χ3n) is 3.22. The molecule has 0 aliphatic carbocycles. The summed E-state index contributed by atoms with van der Waals surface area (Å²) in [5.41, 5.74) is 0. The topological polar surface area (TPSA) is 74.8 Å². The summed E-state index contributed by atoms with van der Waals surface area (Å²) in [7, 11) is -3.24. The second kappa shape index (κ2) is 4.62. The lowest BCUT2D eigenvalue weighted by atomic mass is 10.1. The Labute approximate surface area is 107 Å². The van der Waals surface area contributed by atoms with Crippen molar-refractivity contribution in [3.63, 3.8) is 0 Å². The Hall–Kier alpha value is -0.950. The summed E-state index contributed by atoms with van der Waals surface area (Å²) in [6.45, 7) is 4.21. The Bertz CT molecular complexity index is 449. The summed E-state index contributed by atoms with van der Waals surface area (Å²) in [5.74, 6) is -0.164. The van der Waals surface area contributed by atoms with Crippen LogP contribution in [0.4, 0.5) is 0 Å². The molecule has 0 aromatic carbocycles. The van der Waals surface area contributed by atoms with Crippen molar-refractivity contribution in [2.45, 2.75) is 32.7 Å². The van der Waals surface area contributed by atoms with E-state index in [9.17, 15) is 18.0 Å². The molecule has 2 fully saturated rings. The normalized spacial score (nSPS) is 22.9. The Morgan fingerprint density at radius 2 is 1.67 bits per heavy atom. The van der Waals surface area contributed by atoms with E-state index < -0.39 is 10.0 Å². The summed E-state index contributed by atoms with van der Waals surface area (Å²) < 4.78 is 25.1. The van der Waals surface area contributed by atoms with E-state index in [1.54, 1.807) is 0 Å². The number of nitrogens with zero attached hydrogens (tertiary/aromatic N) is 2. The second-order valence-electron chi connectivity index (χ2n) is 5.30. The highest BCUT2D eigenvalue weighted by Gasteiger charge is 2.44. The van der Waals surface area contributed by atoms with E-state index in [-0.39, 0.29) is 55.5 Å². The Morgan fingerprint density at radius 3 is 2.11 bits per heavy atom. The van der Waals surface area contributed by atoms with Crippen LogP contribution in [0.1, 0.15) is 26.7 Å². The molecule has 18 heavy (non-hydrogen) atoms. The van der Waals surface area contributed by atoms with Crippen LogP contribution in [0, 0.1) is 5.92 Å². The molecule has 2 aliphatic heterocycles. The van der Waals surface area contributed by atoms with E-state index in [0.717, 1.165) is 0 Å². The van der Waals surface area contributed by atoms with Crippen molar-refractivity contribution < 1.29 is 18.0 Å². The number of imide groups is 1. The molecule has 2 rings (SSSR count). The molecule has 6 nitrogen and oxygen atoms in total. The molecule has 102 valence electrons. The van der Waals surface area contributed by atoms with Gasteiger partial charge < -0.3 is 0 Å². The Kier molecular flexibility index (Phi) is 3.46. The van der Waals surface area contributed by atoms with Crippen LogP contribution in [0.2, 0.25) is 0 Å². The standard InChI is InChI=1S/C11H18N2O4S/c1-8(2)7-18(16,17)12-5-9(6-12)13-10(14)3-4-11(13)15/h8-9H,3-7H2,1-2H3. The van der Waals surface area contributed by atoms with Gasteiger partial charge in [-0.15, -0.1) is 0 Å². The maximum absolute atomic E-state index is 11.9. The first-order valence-electron chi connectivity index (χ1n) is 6.14. The minimum atomic E-state index is -3.24. The molecule has 7 heteroatoms. The van der Waals surface area contributed by atoms with Crippen LogP contribution in [-0.2, 0) is 19.6 Å². The van der Waals surface area contributed by atoms with Crippen molar-refractivity contribution >= 4 is 21.8 Å². The van der Waals surface area contributed by atoms with Gasteiger partial charge in [-0.3, -0.25) is 14.5 Å². The first kappa shape index (κ1) is 13.5. The van der Waals surface area contributed by atoms with Crippen molar-refractivity contribution in [1.82, 2.24) is 9.21 Å². The van der Waals surface area contributed by atoms with Gasteiger partial charge in [0.1, 0.15) is 0 Å². The molecule has 2 aliphatic rings. The maximum Gasteiger partial charge on any atom is 0.230 e. The Balaban J connectivity index is 1.95. The van der Waals surface area contributed by atoms with Crippen molar-refractivity contribution in [1.29, 1.82) is 0 Å². The molecule has 0 aromatic heterocycles. The van der Waals surface area contributed by atoms with E-state index in [4.69, 9.17) is 0 Å². The van der Waals surface area contributed by atoms with Crippen LogP contribution < -0.4 is 0 Å². The molecule has 2 heterocycles. The summed E-state index contributed by atoms with van der Waals surface area (Å²) in [6.07, 6.45) is 0.516. The lowest BCUT2D eigenvalue weighted by Gasteiger charge is -2.42. The van der Waals surface area contributed by atoms with Gasteiger partial charge in [-0.05, 0) is 5.92 Å². The van der Waals surface area contributed by atoms with Crippen LogP contribution >= 0.6 is 0 Å². The van der Waals surface area contributed by atoms with Gasteiger partial charge in [-0.25, -0.2) is 8.42 Å². The van der Waals surface area contributed by atoms with Crippen LogP contribution in [0.25, 0.3) is 0 Å². The van der Waals surface area contributed by atoms with Gasteiger partial charge in [0, 0.05) is 25.9 Å². The highest BCUT2D eigenvalue weighted by atomic mass is 32.2. The maximum atomic E-state index is 11.9. The monoisotopic (exact) mass is 274 g/mol. The first-order chi connectivity index (χ1) is 8.31. The lowest BCUT2D eigenvalue weighted by molar-refractivity contribution is -0.143. The third-order valence-corrected chi connectivity index (χ3v) is 5.39. The average molecular weight is 274 g/mol. The quantitative estimate of drug-likeness (QED) is 0.666. The predicted octanol–water partition coefficient (Wildman–Crippen LogP) is -0.195. The summed E-state index contributed by atoms with van der Waals surface area (Å²) in [4.78, 5) is 24.2. The molecule has 0 bridgehead atoms. The highest BCUT2D eigenvalue weighted by Crippen LogP contribution is 2.25. The van der Waals surface area contributed by atoms with Crippen LogP contribution in [-0.4, -0.2) is 54.3 Å². The number of hydrogen-bond acceptors (Lipinski definition) is 4. The van der Waals surface area contributed by atoms with Crippen molar-refractivity contribution in [3.05, 3.63) is 0 Å². The molecular formula is C11H18N2O4S. The van der Waals surface area contributed by atoms with E-state index in [1.807, 2.05) is 13.8 Å². The lowest BCUT2D eigenvalue weighted by Crippen LogP contribution is -2.62. The van der Waals surface area contributed by atoms with Gasteiger partial charge in [-0.1, -0.05) is 13.8 Å². The molecule has 0 aromatic rings. The molecule has 0 saturated carbocycles. The van der Waals surface area contributed by atoms with E-state index >= 15 is 0 Å². The molecule has 0 unspecified atom stereocenters. The van der Waals surface area contributed by atoms with Crippen LogP contribution in [0.3, 0.4) is 0 Å². The highest BCUT2D eigenvalue weighted by molar-refractivity contribution is 7.89. The number of carbonyl (C=O) groups excluding carboxylic acids is 2. The summed E-state index contributed by atoms with van der Waals surface area (Å²) in [5, 5.41) is 0. The summed E-state index contributed by atoms with van der Waals surface area (Å²) >= 11 is 0. The fraction of sp³-hybridized carbons (Fsp3) is 0.818. The van der Waals surface area contributed by atoms with Gasteiger partial charge in [0.15, 0.2) is 0 Å². The minimum Gasteiger partial charge on any atom is -0.277 e.